The molecule has 0 bridgehead atoms. The summed E-state index contributed by atoms with van der Waals surface area (Å²) in [5.41, 5.74) is 12.9. The molecule has 0 aliphatic carbocycles. The largest absolute Gasteiger partial charge is 0.472 e. The molecule has 1 unspecified atom stereocenters. The maximum Gasteiger partial charge on any atom is 0.472 e. The van der Waals surface area contributed by atoms with Crippen LogP contribution in [0.5, 0.6) is 5.75 Å². The normalized spacial score (nSPS) is 25.9. The van der Waals surface area contributed by atoms with E-state index in [2.05, 4.69) is 19.7 Å². The van der Waals surface area contributed by atoms with E-state index in [9.17, 15) is 23.8 Å². The number of esters is 3. The first-order chi connectivity index (χ1) is 20.0. The highest BCUT2D eigenvalue weighted by Crippen LogP contribution is 2.53. The fraction of sp³-hybridized carbons (Fsp3) is 0.417. The molecule has 3 aromatic rings. The molecule has 0 spiro atoms. The highest BCUT2D eigenvalue weighted by molar-refractivity contribution is 7.47. The number of fused-ring (bicyclic) bond motifs is 2. The second-order valence-electron chi connectivity index (χ2n) is 9.39. The van der Waals surface area contributed by atoms with Crippen LogP contribution in [-0.2, 0) is 48.6 Å². The van der Waals surface area contributed by atoms with E-state index in [1.54, 1.807) is 12.1 Å². The fourth-order valence-corrected chi connectivity index (χ4v) is 5.47. The summed E-state index contributed by atoms with van der Waals surface area (Å²) in [6, 6.07) is 5.50. The van der Waals surface area contributed by atoms with Crippen molar-refractivity contribution in [2.45, 2.75) is 49.8 Å². The van der Waals surface area contributed by atoms with Crippen molar-refractivity contribution in [3.8, 4) is 5.75 Å². The number of aromatic nitrogens is 4. The molecule has 2 aromatic heterocycles. The first-order valence-electron chi connectivity index (χ1n) is 12.6. The van der Waals surface area contributed by atoms with Gasteiger partial charge in [-0.1, -0.05) is 12.1 Å². The maximum absolute atomic E-state index is 12.8. The predicted molar refractivity (Wildman–Crippen MR) is 139 cm³/mol. The Hall–Kier alpha value is -3.99. The number of anilines is 1. The van der Waals surface area contributed by atoms with Gasteiger partial charge in [0.05, 0.1) is 32.9 Å². The number of phosphoric acid groups is 1. The van der Waals surface area contributed by atoms with Crippen LogP contribution < -0.4 is 16.2 Å². The molecular formula is C24H27N6O11P. The van der Waals surface area contributed by atoms with Crippen LogP contribution in [0.1, 0.15) is 24.6 Å². The number of nitrogens with zero attached hydrogens (tertiary/aromatic N) is 4. The Morgan fingerprint density at radius 1 is 1.17 bits per heavy atom. The van der Waals surface area contributed by atoms with Crippen molar-refractivity contribution < 1.29 is 51.8 Å². The van der Waals surface area contributed by atoms with Crippen molar-refractivity contribution in [3.05, 3.63) is 42.5 Å². The summed E-state index contributed by atoms with van der Waals surface area (Å²) in [5.74, 6) is -1.74. The molecule has 2 aliphatic rings. The van der Waals surface area contributed by atoms with Crippen molar-refractivity contribution in [3.63, 3.8) is 0 Å². The van der Waals surface area contributed by atoms with Crippen LogP contribution in [0, 0.1) is 0 Å². The van der Waals surface area contributed by atoms with Crippen molar-refractivity contribution in [1.29, 1.82) is 0 Å². The number of nitrogen functional groups attached to an aromatic ring is 1. The van der Waals surface area contributed by atoms with Crippen LogP contribution >= 0.6 is 7.82 Å². The minimum atomic E-state index is -4.43. The van der Waals surface area contributed by atoms with Gasteiger partial charge >= 0.3 is 25.7 Å². The zero-order valence-corrected chi connectivity index (χ0v) is 23.0. The lowest BCUT2D eigenvalue weighted by Crippen LogP contribution is -2.41. The van der Waals surface area contributed by atoms with E-state index in [0.717, 1.165) is 5.56 Å². The van der Waals surface area contributed by atoms with Crippen LogP contribution in [-0.4, -0.2) is 80.4 Å². The second kappa shape index (κ2) is 12.1. The number of hydrogen-bond acceptors (Lipinski definition) is 15. The summed E-state index contributed by atoms with van der Waals surface area (Å²) in [7, 11) is -3.18. The van der Waals surface area contributed by atoms with E-state index in [4.69, 9.17) is 34.7 Å². The van der Waals surface area contributed by atoms with E-state index in [1.165, 1.54) is 36.5 Å². The molecular weight excluding hydrogens is 579 g/mol. The molecule has 5 rings (SSSR count). The first kappa shape index (κ1) is 29.5. The third-order valence-corrected chi connectivity index (χ3v) is 7.50. The Morgan fingerprint density at radius 2 is 1.90 bits per heavy atom. The quantitative estimate of drug-likeness (QED) is 0.167. The van der Waals surface area contributed by atoms with E-state index in [1.807, 2.05) is 0 Å². The molecule has 42 heavy (non-hydrogen) atoms. The molecule has 18 heteroatoms. The van der Waals surface area contributed by atoms with Crippen LogP contribution in [0.4, 0.5) is 5.82 Å². The van der Waals surface area contributed by atoms with Gasteiger partial charge in [0, 0.05) is 0 Å². The molecule has 0 amide bonds. The Bertz CT molecular complexity index is 1530. The molecule has 1 aromatic carbocycles. The lowest BCUT2D eigenvalue weighted by atomic mass is 10.1. The zero-order valence-electron chi connectivity index (χ0n) is 22.1. The number of hydrogen-bond donors (Lipinski definition) is 3. The van der Waals surface area contributed by atoms with Gasteiger partial charge in [0.2, 0.25) is 0 Å². The SMILES string of the molecule is COC(=O)[C@H](N)Cc1ccc(OC(=O)CCC(=O)O[C@@H]2[C@@H]3OP(=O)(O)OC[C@@H]3O[C@@H]2n2cnc3c(N)ncnc32)cc1. The average molecular weight is 606 g/mol. The Kier molecular flexibility index (Phi) is 8.49. The molecule has 0 saturated carbocycles. The van der Waals surface area contributed by atoms with Gasteiger partial charge in [-0.2, -0.15) is 0 Å². The number of phosphoric ester groups is 1. The summed E-state index contributed by atoms with van der Waals surface area (Å²) in [6.07, 6.45) is -2.26. The molecule has 17 nitrogen and oxygen atoms in total. The summed E-state index contributed by atoms with van der Waals surface area (Å²) in [5, 5.41) is 0. The fourth-order valence-electron chi connectivity index (χ4n) is 4.51. The number of rotatable bonds is 9. The number of imidazole rings is 1. The predicted octanol–water partition coefficient (Wildman–Crippen LogP) is 0.162. The van der Waals surface area contributed by atoms with Crippen LogP contribution in [0.2, 0.25) is 0 Å². The molecule has 2 aliphatic heterocycles. The van der Waals surface area contributed by atoms with Gasteiger partial charge in [0.25, 0.3) is 0 Å². The summed E-state index contributed by atoms with van der Waals surface area (Å²) in [6.45, 7) is -0.299. The molecule has 0 radical (unpaired) electrons. The smallest absolute Gasteiger partial charge is 0.468 e. The third-order valence-electron chi connectivity index (χ3n) is 6.52. The van der Waals surface area contributed by atoms with Gasteiger partial charge in [0.15, 0.2) is 23.8 Å². The lowest BCUT2D eigenvalue weighted by Gasteiger charge is -2.29. The summed E-state index contributed by atoms with van der Waals surface area (Å²) < 4.78 is 45.1. The van der Waals surface area contributed by atoms with E-state index >= 15 is 0 Å². The van der Waals surface area contributed by atoms with Crippen molar-refractivity contribution in [1.82, 2.24) is 19.5 Å². The van der Waals surface area contributed by atoms with Crippen molar-refractivity contribution in [2.75, 3.05) is 19.5 Å². The Labute approximate surface area is 237 Å². The van der Waals surface area contributed by atoms with E-state index < -0.39 is 56.3 Å². The number of benzene rings is 1. The zero-order chi connectivity index (χ0) is 30.0. The highest BCUT2D eigenvalue weighted by atomic mass is 31.2. The van der Waals surface area contributed by atoms with Crippen molar-refractivity contribution in [2.24, 2.45) is 5.73 Å². The minimum absolute atomic E-state index is 0.111. The first-order valence-corrected chi connectivity index (χ1v) is 14.1. The van der Waals surface area contributed by atoms with Gasteiger partial charge in [-0.25, -0.2) is 19.5 Å². The lowest BCUT2D eigenvalue weighted by molar-refractivity contribution is -0.159. The molecule has 4 heterocycles. The van der Waals surface area contributed by atoms with Crippen LogP contribution in [0.25, 0.3) is 11.2 Å². The average Bonchev–Trinajstić information content (AvgIpc) is 3.54. The van der Waals surface area contributed by atoms with Gasteiger partial charge in [-0.05, 0) is 24.1 Å². The summed E-state index contributed by atoms with van der Waals surface area (Å²) in [4.78, 5) is 58.8. The number of carbonyl (C=O) groups excluding carboxylic acids is 3. The van der Waals surface area contributed by atoms with Gasteiger partial charge in [0.1, 0.15) is 35.8 Å². The standard InChI is InChI=1S/C24H27N6O11P/c1-36-24(33)14(25)8-12-2-4-13(5-3-12)38-16(31)6-7-17(32)40-20-19-15(9-37-42(34,35)41-19)39-23(20)30-11-29-18-21(26)27-10-28-22(18)30/h2-5,10-11,14-15,19-20,23H,6-9,25H2,1H3,(H,34,35)(H2,26,27,28)/t14-,15+,19-,20-,23+/m1/s1. The third kappa shape index (κ3) is 6.41. The second-order valence-corrected chi connectivity index (χ2v) is 10.8. The van der Waals surface area contributed by atoms with Gasteiger partial charge < -0.3 is 35.3 Å². The van der Waals surface area contributed by atoms with E-state index in [0.29, 0.717) is 0 Å². The van der Waals surface area contributed by atoms with Gasteiger partial charge in [-0.15, -0.1) is 0 Å². The Balaban J connectivity index is 1.22. The van der Waals surface area contributed by atoms with Crippen molar-refractivity contribution >= 4 is 42.7 Å². The number of carbonyl (C=O) groups is 3. The minimum Gasteiger partial charge on any atom is -0.468 e. The molecule has 2 fully saturated rings. The monoisotopic (exact) mass is 606 g/mol. The topological polar surface area (TPSA) is 240 Å². The van der Waals surface area contributed by atoms with E-state index in [-0.39, 0.29) is 48.6 Å². The molecule has 224 valence electrons. The number of ether oxygens (including phenoxy) is 4. The summed E-state index contributed by atoms with van der Waals surface area (Å²) >= 11 is 0. The van der Waals surface area contributed by atoms with Crippen LogP contribution in [0.3, 0.4) is 0 Å². The highest BCUT2D eigenvalue weighted by Gasteiger charge is 2.55. The molecule has 2 saturated heterocycles. The number of methoxy groups -OCH3 is 1. The van der Waals surface area contributed by atoms with Crippen LogP contribution in [0.15, 0.2) is 36.9 Å². The molecule has 5 N–H and O–H groups in total. The molecule has 6 atom stereocenters. The Morgan fingerprint density at radius 3 is 2.64 bits per heavy atom. The maximum atomic E-state index is 12.8. The number of nitrogens with two attached hydrogens (primary N) is 2. The van der Waals surface area contributed by atoms with Gasteiger partial charge in [-0.3, -0.25) is 28.0 Å².